The second-order valence-electron chi connectivity index (χ2n) is 5.99. The number of Topliss-reactive ketones (excluding diaryl/α,β-unsaturated/α-hetero) is 1. The lowest BCUT2D eigenvalue weighted by molar-refractivity contribution is 0.0774. The molecule has 1 aromatic carbocycles. The molecule has 0 aromatic heterocycles. The highest BCUT2D eigenvalue weighted by molar-refractivity contribution is 6.00. The minimum absolute atomic E-state index is 0.190. The molecule has 1 saturated heterocycles. The van der Waals surface area contributed by atoms with Crippen molar-refractivity contribution in [2.75, 3.05) is 20.2 Å². The summed E-state index contributed by atoms with van der Waals surface area (Å²) in [5.74, 6) is 1.71. The lowest BCUT2D eigenvalue weighted by atomic mass is 9.91. The molecular formula is C17H23NO2. The summed E-state index contributed by atoms with van der Waals surface area (Å²) in [6, 6.07) is 8.19. The van der Waals surface area contributed by atoms with Crippen molar-refractivity contribution in [1.29, 1.82) is 0 Å². The molecule has 3 heteroatoms. The Bertz CT molecular complexity index is 486. The number of methoxy groups -OCH3 is 1. The molecule has 1 aliphatic heterocycles. The van der Waals surface area contributed by atoms with Gasteiger partial charge >= 0.3 is 0 Å². The minimum Gasteiger partial charge on any atom is -0.496 e. The van der Waals surface area contributed by atoms with E-state index in [-0.39, 0.29) is 5.78 Å². The Morgan fingerprint density at radius 1 is 1.25 bits per heavy atom. The first-order chi connectivity index (χ1) is 9.79. The number of para-hydroxylation sites is 1. The van der Waals surface area contributed by atoms with E-state index in [0.717, 1.165) is 18.0 Å². The fourth-order valence-electron chi connectivity index (χ4n) is 3.90. The summed E-state index contributed by atoms with van der Waals surface area (Å²) < 4.78 is 5.30. The van der Waals surface area contributed by atoms with Crippen LogP contribution < -0.4 is 4.74 Å². The summed E-state index contributed by atoms with van der Waals surface area (Å²) in [7, 11) is 1.63. The van der Waals surface area contributed by atoms with Gasteiger partial charge in [0.05, 0.1) is 19.2 Å². The normalized spacial score (nSPS) is 26.2. The van der Waals surface area contributed by atoms with Crippen molar-refractivity contribution in [2.24, 2.45) is 5.92 Å². The molecule has 0 amide bonds. The summed E-state index contributed by atoms with van der Waals surface area (Å²) in [4.78, 5) is 15.0. The van der Waals surface area contributed by atoms with Crippen LogP contribution in [0, 0.1) is 5.92 Å². The van der Waals surface area contributed by atoms with E-state index < -0.39 is 0 Å². The molecule has 0 radical (unpaired) electrons. The zero-order valence-electron chi connectivity index (χ0n) is 12.2. The van der Waals surface area contributed by atoms with Crippen molar-refractivity contribution in [1.82, 2.24) is 4.90 Å². The van der Waals surface area contributed by atoms with Gasteiger partial charge in [0.2, 0.25) is 0 Å². The minimum atomic E-state index is 0.190. The average molecular weight is 273 g/mol. The van der Waals surface area contributed by atoms with Gasteiger partial charge in [-0.05, 0) is 50.3 Å². The molecule has 20 heavy (non-hydrogen) atoms. The summed E-state index contributed by atoms with van der Waals surface area (Å²) >= 11 is 0. The van der Waals surface area contributed by atoms with E-state index in [0.29, 0.717) is 18.3 Å². The molecule has 108 valence electrons. The number of rotatable bonds is 4. The van der Waals surface area contributed by atoms with Crippen molar-refractivity contribution in [3.05, 3.63) is 29.8 Å². The smallest absolute Gasteiger partial charge is 0.180 e. The summed E-state index contributed by atoms with van der Waals surface area (Å²) in [6.07, 6.45) is 6.53. The molecule has 0 N–H and O–H groups in total. The molecule has 2 fully saturated rings. The Kier molecular flexibility index (Phi) is 4.06. The van der Waals surface area contributed by atoms with Gasteiger partial charge in [-0.1, -0.05) is 18.6 Å². The lowest BCUT2D eigenvalue weighted by Gasteiger charge is -2.37. The predicted octanol–water partition coefficient (Wildman–Crippen LogP) is 3.14. The standard InChI is InChI=1S/C17H23NO2/c1-20-17-10-3-2-8-14(17)16(19)12-18-11-5-7-13-6-4-9-15(13)18/h2-3,8,10,13,15H,4-7,9,11-12H2,1H3. The van der Waals surface area contributed by atoms with Gasteiger partial charge in [0.15, 0.2) is 5.78 Å². The first-order valence-electron chi connectivity index (χ1n) is 7.70. The van der Waals surface area contributed by atoms with E-state index in [9.17, 15) is 4.79 Å². The Labute approximate surface area is 120 Å². The lowest BCUT2D eigenvalue weighted by Crippen LogP contribution is -2.45. The highest BCUT2D eigenvalue weighted by Crippen LogP contribution is 2.36. The van der Waals surface area contributed by atoms with Crippen LogP contribution in [0.2, 0.25) is 0 Å². The Balaban J connectivity index is 1.72. The van der Waals surface area contributed by atoms with Crippen molar-refractivity contribution < 1.29 is 9.53 Å². The van der Waals surface area contributed by atoms with Gasteiger partial charge in [-0.25, -0.2) is 0 Å². The summed E-state index contributed by atoms with van der Waals surface area (Å²) in [5, 5.41) is 0. The van der Waals surface area contributed by atoms with Crippen molar-refractivity contribution in [3.8, 4) is 5.75 Å². The molecule has 1 heterocycles. The average Bonchev–Trinajstić information content (AvgIpc) is 2.96. The second-order valence-corrected chi connectivity index (χ2v) is 5.99. The van der Waals surface area contributed by atoms with Gasteiger partial charge in [0.25, 0.3) is 0 Å². The maximum absolute atomic E-state index is 12.6. The van der Waals surface area contributed by atoms with Crippen LogP contribution in [0.1, 0.15) is 42.5 Å². The van der Waals surface area contributed by atoms with Crippen LogP contribution in [0.15, 0.2) is 24.3 Å². The molecular weight excluding hydrogens is 250 g/mol. The maximum Gasteiger partial charge on any atom is 0.180 e. The third-order valence-electron chi connectivity index (χ3n) is 4.86. The monoisotopic (exact) mass is 273 g/mol. The molecule has 0 bridgehead atoms. The van der Waals surface area contributed by atoms with E-state index in [1.807, 2.05) is 24.3 Å². The first-order valence-corrected chi connectivity index (χ1v) is 7.70. The molecule has 2 aliphatic rings. The maximum atomic E-state index is 12.6. The fraction of sp³-hybridized carbons (Fsp3) is 0.588. The van der Waals surface area contributed by atoms with Gasteiger partial charge < -0.3 is 4.74 Å². The molecule has 1 saturated carbocycles. The number of hydrogen-bond donors (Lipinski definition) is 0. The van der Waals surface area contributed by atoms with E-state index in [1.165, 1.54) is 32.1 Å². The van der Waals surface area contributed by atoms with Crippen LogP contribution in [0.25, 0.3) is 0 Å². The fourth-order valence-corrected chi connectivity index (χ4v) is 3.90. The van der Waals surface area contributed by atoms with Gasteiger partial charge in [0.1, 0.15) is 5.75 Å². The number of fused-ring (bicyclic) bond motifs is 1. The Morgan fingerprint density at radius 3 is 2.90 bits per heavy atom. The highest BCUT2D eigenvalue weighted by atomic mass is 16.5. The van der Waals surface area contributed by atoms with E-state index >= 15 is 0 Å². The number of carbonyl (C=O) groups excluding carboxylic acids is 1. The Morgan fingerprint density at radius 2 is 2.05 bits per heavy atom. The number of ether oxygens (including phenoxy) is 1. The third-order valence-corrected chi connectivity index (χ3v) is 4.86. The summed E-state index contributed by atoms with van der Waals surface area (Å²) in [5.41, 5.74) is 0.718. The van der Waals surface area contributed by atoms with Crippen LogP contribution in [0.5, 0.6) is 5.75 Å². The second kappa shape index (κ2) is 5.96. The summed E-state index contributed by atoms with van der Waals surface area (Å²) in [6.45, 7) is 1.61. The molecule has 2 atom stereocenters. The predicted molar refractivity (Wildman–Crippen MR) is 79.3 cm³/mol. The molecule has 1 aliphatic carbocycles. The third kappa shape index (κ3) is 2.59. The zero-order chi connectivity index (χ0) is 13.9. The molecule has 2 unspecified atom stereocenters. The van der Waals surface area contributed by atoms with Gasteiger partial charge in [-0.2, -0.15) is 0 Å². The van der Waals surface area contributed by atoms with Gasteiger partial charge in [-0.3, -0.25) is 9.69 Å². The van der Waals surface area contributed by atoms with Crippen molar-refractivity contribution in [2.45, 2.75) is 38.1 Å². The number of benzene rings is 1. The zero-order valence-corrected chi connectivity index (χ0v) is 12.2. The number of hydrogen-bond acceptors (Lipinski definition) is 3. The number of carbonyl (C=O) groups is 1. The van der Waals surface area contributed by atoms with Gasteiger partial charge in [0, 0.05) is 6.04 Å². The molecule has 1 aromatic rings. The molecule has 3 rings (SSSR count). The highest BCUT2D eigenvalue weighted by Gasteiger charge is 2.35. The molecule has 0 spiro atoms. The van der Waals surface area contributed by atoms with Gasteiger partial charge in [-0.15, -0.1) is 0 Å². The van der Waals surface area contributed by atoms with E-state index in [4.69, 9.17) is 4.74 Å². The van der Waals surface area contributed by atoms with Crippen LogP contribution >= 0.6 is 0 Å². The number of piperidine rings is 1. The molecule has 3 nitrogen and oxygen atoms in total. The van der Waals surface area contributed by atoms with E-state index in [1.54, 1.807) is 7.11 Å². The van der Waals surface area contributed by atoms with Crippen LogP contribution in [0.4, 0.5) is 0 Å². The number of nitrogens with zero attached hydrogens (tertiary/aromatic N) is 1. The number of ketones is 1. The largest absolute Gasteiger partial charge is 0.496 e. The SMILES string of the molecule is COc1ccccc1C(=O)CN1CCCC2CCCC21. The first kappa shape index (κ1) is 13.6. The van der Waals surface area contributed by atoms with E-state index in [2.05, 4.69) is 4.90 Å². The quantitative estimate of drug-likeness (QED) is 0.789. The van der Waals surface area contributed by atoms with Crippen LogP contribution in [-0.2, 0) is 0 Å². The topological polar surface area (TPSA) is 29.5 Å². The number of likely N-dealkylation sites (tertiary alicyclic amines) is 1. The van der Waals surface area contributed by atoms with Crippen LogP contribution in [0.3, 0.4) is 0 Å². The van der Waals surface area contributed by atoms with Crippen molar-refractivity contribution in [3.63, 3.8) is 0 Å². The Hall–Kier alpha value is -1.35. The van der Waals surface area contributed by atoms with Crippen LogP contribution in [-0.4, -0.2) is 36.9 Å². The van der Waals surface area contributed by atoms with Crippen molar-refractivity contribution >= 4 is 5.78 Å².